The van der Waals surface area contributed by atoms with Crippen molar-refractivity contribution in [3.63, 3.8) is 0 Å². The topological polar surface area (TPSA) is 0 Å². The molecule has 0 saturated carbocycles. The monoisotopic (exact) mass is 230 g/mol. The van der Waals surface area contributed by atoms with Gasteiger partial charge in [-0.25, -0.2) is 0 Å². The zero-order valence-electron chi connectivity index (χ0n) is 6.16. The van der Waals surface area contributed by atoms with E-state index in [9.17, 15) is 0 Å². The van der Waals surface area contributed by atoms with Gasteiger partial charge in [0.2, 0.25) is 0 Å². The third-order valence-electron chi connectivity index (χ3n) is 0.752. The van der Waals surface area contributed by atoms with Crippen molar-refractivity contribution < 1.29 is 0 Å². The van der Waals surface area contributed by atoms with E-state index in [1.54, 1.807) is 0 Å². The fourth-order valence-corrected chi connectivity index (χ4v) is 3.34. The Labute approximate surface area is 83.3 Å². The summed E-state index contributed by atoms with van der Waals surface area (Å²) in [7, 11) is 0. The highest BCUT2D eigenvalue weighted by Gasteiger charge is 2.03. The highest BCUT2D eigenvalue weighted by atomic mass is 32.2. The van der Waals surface area contributed by atoms with Gasteiger partial charge in [0, 0.05) is 3.96 Å². The van der Waals surface area contributed by atoms with Crippen LogP contribution in [0, 0.1) is 0 Å². The lowest BCUT2D eigenvalue weighted by atomic mass is 11.8. The second-order valence-corrected chi connectivity index (χ2v) is 11.3. The number of thiol groups is 2. The summed E-state index contributed by atoms with van der Waals surface area (Å²) in [5, 5.41) is 0. The van der Waals surface area contributed by atoms with Gasteiger partial charge in [-0.3, -0.25) is 0 Å². The van der Waals surface area contributed by atoms with Crippen LogP contribution in [0.2, 0.25) is 0 Å². The summed E-state index contributed by atoms with van der Waals surface area (Å²) in [4.78, 5) is 0. The van der Waals surface area contributed by atoms with Crippen LogP contribution in [0.3, 0.4) is 0 Å². The fraction of sp³-hybridized carbons (Fsp3) is 0.600. The van der Waals surface area contributed by atoms with E-state index in [-0.39, 0.29) is 0 Å². The van der Waals surface area contributed by atoms with Gasteiger partial charge < -0.3 is 0 Å². The van der Waals surface area contributed by atoms with Crippen molar-refractivity contribution in [2.45, 2.75) is 0 Å². The van der Waals surface area contributed by atoms with E-state index in [2.05, 4.69) is 45.3 Å². The van der Waals surface area contributed by atoms with Crippen molar-refractivity contribution in [3.8, 4) is 0 Å². The number of rotatable bonds is 1. The Kier molecular flexibility index (Phi) is 5.10. The van der Waals surface area contributed by atoms with Crippen LogP contribution in [0.25, 0.3) is 0 Å². The van der Waals surface area contributed by atoms with Crippen LogP contribution in [0.4, 0.5) is 0 Å². The standard InChI is InChI=1S/C5H11PS4/c1-6(2,3)4(7)10-5(8)9/h7H,1-3H3,(H,8,9). The molecule has 10 heavy (non-hydrogen) atoms. The van der Waals surface area contributed by atoms with Gasteiger partial charge in [0.05, 0.1) is 0 Å². The summed E-state index contributed by atoms with van der Waals surface area (Å²) in [6.45, 7) is 5.66. The summed E-state index contributed by atoms with van der Waals surface area (Å²) < 4.78 is 1.77. The zero-order chi connectivity index (χ0) is 8.36. The highest BCUT2D eigenvalue weighted by Crippen LogP contribution is 2.41. The van der Waals surface area contributed by atoms with Crippen LogP contribution in [0.1, 0.15) is 0 Å². The molecule has 0 aliphatic heterocycles. The molecule has 0 fully saturated rings. The third kappa shape index (κ3) is 5.14. The molecule has 0 aromatic heterocycles. The van der Waals surface area contributed by atoms with E-state index < -0.39 is 6.89 Å². The molecule has 0 atom stereocenters. The molecule has 0 amide bonds. The molecule has 0 unspecified atom stereocenters. The molecular weight excluding hydrogens is 219 g/mol. The molecule has 0 aromatic rings. The van der Waals surface area contributed by atoms with Crippen LogP contribution >= 0.6 is 56.1 Å². The van der Waals surface area contributed by atoms with Crippen molar-refractivity contribution in [1.29, 1.82) is 0 Å². The number of thioether (sulfide) groups is 1. The van der Waals surface area contributed by atoms with Crippen LogP contribution in [-0.2, 0) is 0 Å². The van der Waals surface area contributed by atoms with Gasteiger partial charge in [-0.2, -0.15) is 0 Å². The van der Waals surface area contributed by atoms with E-state index in [4.69, 9.17) is 12.2 Å². The van der Waals surface area contributed by atoms with Gasteiger partial charge in [0.25, 0.3) is 0 Å². The maximum absolute atomic E-state index is 4.82. The highest BCUT2D eigenvalue weighted by molar-refractivity contribution is 8.57. The van der Waals surface area contributed by atoms with Crippen LogP contribution in [-0.4, -0.2) is 27.5 Å². The van der Waals surface area contributed by atoms with Crippen molar-refractivity contribution >= 4 is 63.6 Å². The Balaban J connectivity index is 4.36. The van der Waals surface area contributed by atoms with Gasteiger partial charge in [-0.05, 0) is 20.0 Å². The Morgan fingerprint density at radius 1 is 1.30 bits per heavy atom. The summed E-state index contributed by atoms with van der Waals surface area (Å²) in [6, 6.07) is 0. The van der Waals surface area contributed by atoms with Crippen LogP contribution in [0.5, 0.6) is 0 Å². The molecule has 0 saturated heterocycles. The molecule has 0 rings (SSSR count). The second kappa shape index (κ2) is 4.46. The first kappa shape index (κ1) is 11.4. The number of hydrogen-bond donors (Lipinski definition) is 2. The fourth-order valence-electron chi connectivity index (χ4n) is 0.215. The molecule has 60 valence electrons. The number of hydrogen-bond acceptors (Lipinski definition) is 2. The predicted octanol–water partition coefficient (Wildman–Crippen LogP) is 2.86. The van der Waals surface area contributed by atoms with Crippen LogP contribution in [0.15, 0.2) is 0 Å². The Bertz CT molecular complexity index is 182. The lowest BCUT2D eigenvalue weighted by molar-refractivity contribution is 2.11. The maximum Gasteiger partial charge on any atom is 0.106 e. The molecule has 0 radical (unpaired) electrons. The van der Waals surface area contributed by atoms with Crippen molar-refractivity contribution in [2.75, 3.05) is 20.0 Å². The first-order valence-electron chi connectivity index (χ1n) is 2.62. The van der Waals surface area contributed by atoms with Gasteiger partial charge in [-0.1, -0.05) is 30.9 Å². The van der Waals surface area contributed by atoms with E-state index in [0.717, 1.165) is 3.96 Å². The minimum absolute atomic E-state index is 0.653. The molecule has 5 heteroatoms. The van der Waals surface area contributed by atoms with E-state index in [1.165, 1.54) is 11.8 Å². The Morgan fingerprint density at radius 3 is 1.80 bits per heavy atom. The average molecular weight is 230 g/mol. The summed E-state index contributed by atoms with van der Waals surface area (Å²) in [5.74, 6) is 0. The van der Waals surface area contributed by atoms with E-state index >= 15 is 0 Å². The minimum atomic E-state index is -0.953. The normalized spacial score (nSPS) is 11.3. The van der Waals surface area contributed by atoms with E-state index in [0.29, 0.717) is 3.53 Å². The molecule has 0 bridgehead atoms. The molecule has 0 aliphatic carbocycles. The molecule has 0 N–H and O–H groups in total. The molecule has 0 spiro atoms. The van der Waals surface area contributed by atoms with Gasteiger partial charge >= 0.3 is 0 Å². The zero-order valence-corrected chi connectivity index (χ0v) is 10.5. The Morgan fingerprint density at radius 2 is 1.70 bits per heavy atom. The third-order valence-corrected chi connectivity index (χ3v) is 6.77. The summed E-state index contributed by atoms with van der Waals surface area (Å²) in [6.07, 6.45) is 0. The lowest BCUT2D eigenvalue weighted by Gasteiger charge is -2.10. The quantitative estimate of drug-likeness (QED) is 0.404. The molecular formula is C5H11PS4. The predicted molar refractivity (Wildman–Crippen MR) is 67.9 cm³/mol. The largest absolute Gasteiger partial charge is 0.136 e. The van der Waals surface area contributed by atoms with Gasteiger partial charge in [0.1, 0.15) is 3.53 Å². The first-order valence-corrected chi connectivity index (χ1v) is 7.87. The van der Waals surface area contributed by atoms with Gasteiger partial charge in [0.15, 0.2) is 0 Å². The first-order chi connectivity index (χ1) is 4.34. The van der Waals surface area contributed by atoms with Gasteiger partial charge in [-0.15, -0.1) is 25.3 Å². The minimum Gasteiger partial charge on any atom is -0.136 e. The smallest absolute Gasteiger partial charge is 0.106 e. The van der Waals surface area contributed by atoms with Crippen molar-refractivity contribution in [3.05, 3.63) is 0 Å². The lowest BCUT2D eigenvalue weighted by Crippen LogP contribution is -1.87. The average Bonchev–Trinajstić information content (AvgIpc) is 1.60. The van der Waals surface area contributed by atoms with Crippen LogP contribution < -0.4 is 0 Å². The maximum atomic E-state index is 4.82. The number of thiocarbonyl (C=S) groups is 1. The Hall–Kier alpha value is 1.44. The molecule has 0 aliphatic rings. The van der Waals surface area contributed by atoms with Crippen molar-refractivity contribution in [1.82, 2.24) is 0 Å². The summed E-state index contributed by atoms with van der Waals surface area (Å²) >= 11 is 14.7. The molecule has 0 nitrogen and oxygen atoms in total. The second-order valence-electron chi connectivity index (χ2n) is 2.66. The molecule has 0 heterocycles. The van der Waals surface area contributed by atoms with E-state index in [1.807, 2.05) is 0 Å². The van der Waals surface area contributed by atoms with Crippen molar-refractivity contribution in [2.24, 2.45) is 0 Å². The SMILES string of the molecule is CP(C)(C)=C(S)SC(=S)S. The summed E-state index contributed by atoms with van der Waals surface area (Å²) in [5.41, 5.74) is 0. The molecule has 0 aromatic carbocycles.